The lowest BCUT2D eigenvalue weighted by Gasteiger charge is -2.38. The first kappa shape index (κ1) is 17.2. The second-order valence-corrected chi connectivity index (χ2v) is 6.96. The van der Waals surface area contributed by atoms with Gasteiger partial charge in [0.2, 0.25) is 0 Å². The Bertz CT molecular complexity index is 679. The Morgan fingerprint density at radius 2 is 1.35 bits per heavy atom. The quantitative estimate of drug-likeness (QED) is 0.840. The third-order valence-corrected chi connectivity index (χ3v) is 5.44. The van der Waals surface area contributed by atoms with E-state index in [9.17, 15) is 0 Å². The van der Waals surface area contributed by atoms with Gasteiger partial charge in [0.1, 0.15) is 0 Å². The molecular formula is C20H27N5O. The second kappa shape index (κ2) is 8.01. The molecule has 138 valence electrons. The zero-order valence-corrected chi connectivity index (χ0v) is 15.4. The first-order chi connectivity index (χ1) is 12.8. The van der Waals surface area contributed by atoms with Gasteiger partial charge in [0.25, 0.3) is 0 Å². The minimum atomic E-state index is 0.452. The van der Waals surface area contributed by atoms with E-state index in [4.69, 9.17) is 4.74 Å². The summed E-state index contributed by atoms with van der Waals surface area (Å²) in [6.07, 6.45) is 0. The molecule has 26 heavy (non-hydrogen) atoms. The molecule has 0 N–H and O–H groups in total. The van der Waals surface area contributed by atoms with Crippen molar-refractivity contribution in [2.45, 2.75) is 13.0 Å². The van der Waals surface area contributed by atoms with Crippen LogP contribution in [0.3, 0.4) is 0 Å². The highest BCUT2D eigenvalue weighted by molar-refractivity contribution is 5.45. The van der Waals surface area contributed by atoms with Crippen LogP contribution in [0.1, 0.15) is 18.5 Å². The lowest BCUT2D eigenvalue weighted by Crippen LogP contribution is -2.47. The summed E-state index contributed by atoms with van der Waals surface area (Å²) >= 11 is 0. The first-order valence-corrected chi connectivity index (χ1v) is 9.51. The number of aromatic nitrogens is 2. The van der Waals surface area contributed by atoms with E-state index < -0.39 is 0 Å². The van der Waals surface area contributed by atoms with Crippen LogP contribution in [0.25, 0.3) is 0 Å². The van der Waals surface area contributed by atoms with Crippen LogP contribution in [0.5, 0.6) is 0 Å². The van der Waals surface area contributed by atoms with Crippen LogP contribution in [0, 0.1) is 0 Å². The van der Waals surface area contributed by atoms with Crippen LogP contribution < -0.4 is 9.80 Å². The van der Waals surface area contributed by atoms with Crippen LogP contribution in [0.4, 0.5) is 11.6 Å². The van der Waals surface area contributed by atoms with Crippen LogP contribution in [0.15, 0.2) is 42.5 Å². The van der Waals surface area contributed by atoms with Gasteiger partial charge in [-0.15, -0.1) is 10.2 Å². The van der Waals surface area contributed by atoms with Crippen molar-refractivity contribution in [3.8, 4) is 0 Å². The molecule has 2 aliphatic heterocycles. The van der Waals surface area contributed by atoms with Gasteiger partial charge in [-0.05, 0) is 24.6 Å². The molecule has 2 saturated heterocycles. The molecule has 1 unspecified atom stereocenters. The normalized spacial score (nSPS) is 20.2. The molecule has 6 heteroatoms. The maximum Gasteiger partial charge on any atom is 0.151 e. The van der Waals surface area contributed by atoms with E-state index in [1.165, 1.54) is 5.56 Å². The minimum Gasteiger partial charge on any atom is -0.378 e. The zero-order valence-electron chi connectivity index (χ0n) is 15.4. The number of benzene rings is 1. The largest absolute Gasteiger partial charge is 0.378 e. The fraction of sp³-hybridized carbons (Fsp3) is 0.500. The van der Waals surface area contributed by atoms with Crippen molar-refractivity contribution in [2.24, 2.45) is 0 Å². The van der Waals surface area contributed by atoms with Gasteiger partial charge in [-0.25, -0.2) is 0 Å². The molecule has 0 amide bonds. The Hall–Kier alpha value is -2.18. The Kier molecular flexibility index (Phi) is 5.32. The number of hydrogen-bond acceptors (Lipinski definition) is 6. The lowest BCUT2D eigenvalue weighted by molar-refractivity contribution is 0.122. The molecule has 0 radical (unpaired) electrons. The minimum absolute atomic E-state index is 0.452. The molecular weight excluding hydrogens is 326 g/mol. The van der Waals surface area contributed by atoms with Crippen molar-refractivity contribution >= 4 is 11.6 Å². The van der Waals surface area contributed by atoms with Gasteiger partial charge >= 0.3 is 0 Å². The predicted molar refractivity (Wildman–Crippen MR) is 104 cm³/mol. The summed E-state index contributed by atoms with van der Waals surface area (Å²) in [6, 6.07) is 15.4. The van der Waals surface area contributed by atoms with Crippen molar-refractivity contribution in [3.05, 3.63) is 48.0 Å². The predicted octanol–water partition coefficient (Wildman–Crippen LogP) is 2.20. The van der Waals surface area contributed by atoms with E-state index in [0.717, 1.165) is 64.1 Å². The number of rotatable bonds is 4. The van der Waals surface area contributed by atoms with E-state index in [1.54, 1.807) is 0 Å². The maximum atomic E-state index is 5.40. The highest BCUT2D eigenvalue weighted by Crippen LogP contribution is 2.23. The van der Waals surface area contributed by atoms with Gasteiger partial charge < -0.3 is 14.5 Å². The molecule has 2 aromatic rings. The molecule has 1 atom stereocenters. The number of ether oxygens (including phenoxy) is 1. The molecule has 0 bridgehead atoms. The Balaban J connectivity index is 1.34. The molecule has 4 rings (SSSR count). The van der Waals surface area contributed by atoms with Crippen LogP contribution in [-0.2, 0) is 4.74 Å². The smallest absolute Gasteiger partial charge is 0.151 e. The lowest BCUT2D eigenvalue weighted by atomic mass is 10.1. The summed E-state index contributed by atoms with van der Waals surface area (Å²) in [5.41, 5.74) is 1.38. The van der Waals surface area contributed by atoms with Crippen molar-refractivity contribution in [1.82, 2.24) is 15.1 Å². The molecule has 0 saturated carbocycles. The SMILES string of the molecule is CC(c1ccccc1)N1CCN(c2ccc(N3CCOCC3)nn2)CC1. The first-order valence-electron chi connectivity index (χ1n) is 9.51. The number of anilines is 2. The summed E-state index contributed by atoms with van der Waals surface area (Å²) in [7, 11) is 0. The third-order valence-electron chi connectivity index (χ3n) is 5.44. The summed E-state index contributed by atoms with van der Waals surface area (Å²) < 4.78 is 5.40. The number of morpholine rings is 1. The molecule has 1 aromatic carbocycles. The fourth-order valence-electron chi connectivity index (χ4n) is 3.73. The molecule has 2 aliphatic rings. The number of piperazine rings is 1. The summed E-state index contributed by atoms with van der Waals surface area (Å²) in [5.74, 6) is 1.93. The second-order valence-electron chi connectivity index (χ2n) is 6.96. The monoisotopic (exact) mass is 353 g/mol. The molecule has 2 fully saturated rings. The fourth-order valence-corrected chi connectivity index (χ4v) is 3.73. The average Bonchev–Trinajstić information content (AvgIpc) is 2.75. The standard InChI is InChI=1S/C20H27N5O/c1-17(18-5-3-2-4-6-18)23-9-11-24(12-10-23)19-7-8-20(22-21-19)25-13-15-26-16-14-25/h2-8,17H,9-16H2,1H3. The maximum absolute atomic E-state index is 5.40. The van der Waals surface area contributed by atoms with E-state index in [1.807, 2.05) is 0 Å². The van der Waals surface area contributed by atoms with E-state index in [-0.39, 0.29) is 0 Å². The van der Waals surface area contributed by atoms with Crippen molar-refractivity contribution in [3.63, 3.8) is 0 Å². The Morgan fingerprint density at radius 3 is 1.92 bits per heavy atom. The van der Waals surface area contributed by atoms with Gasteiger partial charge in [-0.1, -0.05) is 30.3 Å². The molecule has 1 aromatic heterocycles. The van der Waals surface area contributed by atoms with E-state index in [2.05, 4.69) is 74.3 Å². The molecule has 3 heterocycles. The third kappa shape index (κ3) is 3.81. The van der Waals surface area contributed by atoms with Gasteiger partial charge in [0.15, 0.2) is 11.6 Å². The highest BCUT2D eigenvalue weighted by atomic mass is 16.5. The topological polar surface area (TPSA) is 44.7 Å². The Morgan fingerprint density at radius 1 is 0.769 bits per heavy atom. The van der Waals surface area contributed by atoms with Crippen molar-refractivity contribution in [2.75, 3.05) is 62.3 Å². The van der Waals surface area contributed by atoms with E-state index >= 15 is 0 Å². The number of nitrogens with zero attached hydrogens (tertiary/aromatic N) is 5. The van der Waals surface area contributed by atoms with Crippen molar-refractivity contribution in [1.29, 1.82) is 0 Å². The van der Waals surface area contributed by atoms with Crippen molar-refractivity contribution < 1.29 is 4.74 Å². The van der Waals surface area contributed by atoms with Crippen LogP contribution in [-0.4, -0.2) is 67.6 Å². The van der Waals surface area contributed by atoms with Gasteiger partial charge in [-0.2, -0.15) is 0 Å². The molecule has 0 aliphatic carbocycles. The average molecular weight is 353 g/mol. The van der Waals surface area contributed by atoms with Gasteiger partial charge in [-0.3, -0.25) is 4.90 Å². The van der Waals surface area contributed by atoms with Gasteiger partial charge in [0.05, 0.1) is 13.2 Å². The molecule has 0 spiro atoms. The Labute approximate surface area is 155 Å². The van der Waals surface area contributed by atoms with Crippen LogP contribution in [0.2, 0.25) is 0 Å². The van der Waals surface area contributed by atoms with E-state index in [0.29, 0.717) is 6.04 Å². The number of hydrogen-bond donors (Lipinski definition) is 0. The molecule has 6 nitrogen and oxygen atoms in total. The highest BCUT2D eigenvalue weighted by Gasteiger charge is 2.23. The van der Waals surface area contributed by atoms with Crippen LogP contribution >= 0.6 is 0 Å². The van der Waals surface area contributed by atoms with Gasteiger partial charge in [0, 0.05) is 45.3 Å². The summed E-state index contributed by atoms with van der Waals surface area (Å²) in [4.78, 5) is 7.12. The zero-order chi connectivity index (χ0) is 17.8. The summed E-state index contributed by atoms with van der Waals surface area (Å²) in [5, 5.41) is 8.92. The summed E-state index contributed by atoms with van der Waals surface area (Å²) in [6.45, 7) is 9.68.